The van der Waals surface area contributed by atoms with Crippen LogP contribution in [-0.4, -0.2) is 11.9 Å². The largest absolute Gasteiger partial charge is 0.393 e. The van der Waals surface area contributed by atoms with Gasteiger partial charge in [-0.3, -0.25) is 9.59 Å². The van der Waals surface area contributed by atoms with E-state index in [2.05, 4.69) is 25.5 Å². The fourth-order valence-corrected chi connectivity index (χ4v) is 1.97. The van der Waals surface area contributed by atoms with Crippen LogP contribution in [0.4, 0.5) is 0 Å². The normalized spacial score (nSPS) is 21.8. The van der Waals surface area contributed by atoms with Gasteiger partial charge >= 0.3 is 11.9 Å². The fraction of sp³-hybridized carbons (Fsp3) is 0.867. The van der Waals surface area contributed by atoms with E-state index in [-0.39, 0.29) is 53.5 Å². The lowest BCUT2D eigenvalue weighted by atomic mass is 9.72. The summed E-state index contributed by atoms with van der Waals surface area (Å²) in [7, 11) is 0. The van der Waals surface area contributed by atoms with Crippen LogP contribution in [0.2, 0.25) is 0 Å². The molecule has 0 radical (unpaired) electrons. The molecule has 0 aromatic heterocycles. The van der Waals surface area contributed by atoms with E-state index in [4.69, 9.17) is 0 Å². The van der Waals surface area contributed by atoms with E-state index in [0.717, 1.165) is 6.42 Å². The molecule has 3 heteroatoms. The van der Waals surface area contributed by atoms with Gasteiger partial charge in [-0.2, -0.15) is 0 Å². The smallest absolute Gasteiger partial charge is 0.320 e. The van der Waals surface area contributed by atoms with Gasteiger partial charge < -0.3 is 4.74 Å². The highest BCUT2D eigenvalue weighted by Gasteiger charge is 2.47. The summed E-state index contributed by atoms with van der Waals surface area (Å²) in [6.45, 7) is 8.12. The molecule has 0 N–H and O–H groups in total. The summed E-state index contributed by atoms with van der Waals surface area (Å²) in [5.41, 5.74) is -0.519. The molecule has 0 aromatic carbocycles. The fourth-order valence-electron chi connectivity index (χ4n) is 1.97. The maximum Gasteiger partial charge on any atom is 0.320 e. The first-order chi connectivity index (χ1) is 6.29. The molecule has 1 aliphatic rings. The molecule has 0 aromatic rings. The quantitative estimate of drug-likeness (QED) is 0.540. The highest BCUT2D eigenvalue weighted by Crippen LogP contribution is 2.42. The number of carbonyl (C=O) groups excluding carboxylic acids is 2. The van der Waals surface area contributed by atoms with Crippen molar-refractivity contribution in [3.63, 3.8) is 0 Å². The Kier molecular flexibility index (Phi) is 11.9. The van der Waals surface area contributed by atoms with E-state index in [1.807, 2.05) is 6.92 Å². The number of hydrogen-bond donors (Lipinski definition) is 0. The van der Waals surface area contributed by atoms with E-state index >= 15 is 0 Å². The van der Waals surface area contributed by atoms with Gasteiger partial charge in [0, 0.05) is 0 Å². The van der Waals surface area contributed by atoms with E-state index in [9.17, 15) is 9.59 Å². The van der Waals surface area contributed by atoms with Gasteiger partial charge in [0.15, 0.2) is 0 Å². The summed E-state index contributed by atoms with van der Waals surface area (Å²) in [5, 5.41) is 0. The van der Waals surface area contributed by atoms with E-state index in [1.54, 1.807) is 0 Å². The summed E-state index contributed by atoms with van der Waals surface area (Å²) < 4.78 is 4.59. The molecule has 1 rings (SSSR count). The Morgan fingerprint density at radius 2 is 1.61 bits per heavy atom. The van der Waals surface area contributed by atoms with Crippen molar-refractivity contribution in [1.82, 2.24) is 0 Å². The molecule has 1 fully saturated rings. The molecular formula is C15H34O3. The van der Waals surface area contributed by atoms with Crippen molar-refractivity contribution in [3.8, 4) is 0 Å². The lowest BCUT2D eigenvalue weighted by molar-refractivity contribution is -0.155. The minimum atomic E-state index is -0.601. The summed E-state index contributed by atoms with van der Waals surface area (Å²) in [4.78, 5) is 22.5. The topological polar surface area (TPSA) is 43.4 Å². The van der Waals surface area contributed by atoms with E-state index in [1.165, 1.54) is 0 Å². The zero-order valence-electron chi connectivity index (χ0n) is 9.35. The Hall–Kier alpha value is -0.860. The molecule has 0 bridgehead atoms. The Morgan fingerprint density at radius 1 is 1.17 bits per heavy atom. The van der Waals surface area contributed by atoms with Crippen LogP contribution < -0.4 is 0 Å². The molecule has 0 spiro atoms. The highest BCUT2D eigenvalue weighted by molar-refractivity contribution is 5.97. The van der Waals surface area contributed by atoms with E-state index < -0.39 is 5.41 Å². The molecule has 1 atom stereocenters. The van der Waals surface area contributed by atoms with Gasteiger partial charge in [0.05, 0.1) is 11.8 Å². The Balaban J connectivity index is -0.000000245. The lowest BCUT2D eigenvalue weighted by Crippen LogP contribution is -2.29. The molecule has 1 saturated heterocycles. The molecule has 1 unspecified atom stereocenters. The van der Waals surface area contributed by atoms with Gasteiger partial charge in [-0.1, -0.05) is 56.9 Å². The molecule has 1 heterocycles. The summed E-state index contributed by atoms with van der Waals surface area (Å²) in [6, 6.07) is 0. The molecular weight excluding hydrogens is 228 g/mol. The van der Waals surface area contributed by atoms with Crippen LogP contribution in [0.25, 0.3) is 0 Å². The second-order valence-corrected chi connectivity index (χ2v) is 5.19. The number of ether oxygens (including phenoxy) is 1. The average Bonchev–Trinajstić information content (AvgIpc) is 2.24. The number of hydrogen-bond acceptors (Lipinski definition) is 3. The first-order valence-corrected chi connectivity index (χ1v) is 5.04. The monoisotopic (exact) mass is 262 g/mol. The van der Waals surface area contributed by atoms with Crippen molar-refractivity contribution < 1.29 is 14.3 Å². The number of esters is 2. The third kappa shape index (κ3) is 5.65. The maximum absolute atomic E-state index is 11.5. The SMILES string of the molecule is C.C.C.C.CCC(C)(C)CC1(C)CC(=O)OC1=O. The van der Waals surface area contributed by atoms with Gasteiger partial charge in [0.1, 0.15) is 0 Å². The summed E-state index contributed by atoms with van der Waals surface area (Å²) in [6.07, 6.45) is 1.93. The zero-order valence-corrected chi connectivity index (χ0v) is 9.35. The predicted octanol–water partition coefficient (Wildman–Crippen LogP) is 4.84. The van der Waals surface area contributed by atoms with Gasteiger partial charge in [-0.25, -0.2) is 0 Å². The van der Waals surface area contributed by atoms with Gasteiger partial charge in [0.2, 0.25) is 0 Å². The third-order valence-electron chi connectivity index (χ3n) is 3.06. The first-order valence-electron chi connectivity index (χ1n) is 5.04. The van der Waals surface area contributed by atoms with Crippen LogP contribution in [-0.2, 0) is 14.3 Å². The van der Waals surface area contributed by atoms with Crippen LogP contribution in [0.3, 0.4) is 0 Å². The van der Waals surface area contributed by atoms with Crippen LogP contribution in [0.1, 0.15) is 76.7 Å². The standard InChI is InChI=1S/C11H18O3.4CH4/c1-5-10(2,3)7-11(4)6-8(12)14-9(11)13;;;;/h5-7H2,1-4H3;4*1H4. The Morgan fingerprint density at radius 3 is 1.89 bits per heavy atom. The van der Waals surface area contributed by atoms with Crippen molar-refractivity contribution in [3.05, 3.63) is 0 Å². The minimum Gasteiger partial charge on any atom is -0.393 e. The van der Waals surface area contributed by atoms with Crippen molar-refractivity contribution in [1.29, 1.82) is 0 Å². The van der Waals surface area contributed by atoms with Crippen molar-refractivity contribution in [2.45, 2.75) is 76.7 Å². The van der Waals surface area contributed by atoms with Crippen LogP contribution >= 0.6 is 0 Å². The van der Waals surface area contributed by atoms with Crippen molar-refractivity contribution >= 4 is 11.9 Å². The summed E-state index contributed by atoms with van der Waals surface area (Å²) >= 11 is 0. The predicted molar refractivity (Wildman–Crippen MR) is 79.4 cm³/mol. The van der Waals surface area contributed by atoms with Crippen molar-refractivity contribution in [2.24, 2.45) is 10.8 Å². The van der Waals surface area contributed by atoms with Crippen LogP contribution in [0.5, 0.6) is 0 Å². The lowest BCUT2D eigenvalue weighted by Gasteiger charge is -2.30. The van der Waals surface area contributed by atoms with E-state index in [0.29, 0.717) is 6.42 Å². The van der Waals surface area contributed by atoms with Gasteiger partial charge in [-0.05, 0) is 18.8 Å². The Bertz CT molecular complexity index is 269. The minimum absolute atomic E-state index is 0. The third-order valence-corrected chi connectivity index (χ3v) is 3.06. The average molecular weight is 262 g/mol. The number of rotatable bonds is 3. The molecule has 0 amide bonds. The maximum atomic E-state index is 11.5. The zero-order chi connectivity index (χ0) is 11.0. The van der Waals surface area contributed by atoms with Gasteiger partial charge in [0.25, 0.3) is 0 Å². The second kappa shape index (κ2) is 8.28. The van der Waals surface area contributed by atoms with Crippen molar-refractivity contribution in [2.75, 3.05) is 0 Å². The highest BCUT2D eigenvalue weighted by atomic mass is 16.6. The molecule has 0 aliphatic carbocycles. The second-order valence-electron chi connectivity index (χ2n) is 5.19. The number of cyclic esters (lactones) is 2. The Labute approximate surface area is 114 Å². The molecule has 18 heavy (non-hydrogen) atoms. The molecule has 3 nitrogen and oxygen atoms in total. The first kappa shape index (κ1) is 25.9. The summed E-state index contributed by atoms with van der Waals surface area (Å²) in [5.74, 6) is -0.742. The molecule has 112 valence electrons. The number of carbonyl (C=O) groups is 2. The van der Waals surface area contributed by atoms with Crippen LogP contribution in [0, 0.1) is 10.8 Å². The molecule has 1 aliphatic heterocycles. The van der Waals surface area contributed by atoms with Gasteiger partial charge in [-0.15, -0.1) is 0 Å². The molecule has 0 saturated carbocycles. The van der Waals surface area contributed by atoms with Crippen LogP contribution in [0.15, 0.2) is 0 Å².